The maximum atomic E-state index is 11.7. The van der Waals surface area contributed by atoms with Crippen LogP contribution >= 0.6 is 12.6 Å². The Kier molecular flexibility index (Phi) is 10.4. The molecule has 3 aromatic carbocycles. The number of para-hydroxylation sites is 1. The van der Waals surface area contributed by atoms with Crippen LogP contribution in [0.2, 0.25) is 0 Å². The number of carbonyl (C=O) groups excluding carboxylic acids is 1. The smallest absolute Gasteiger partial charge is 0.253 e. The quantitative estimate of drug-likeness (QED) is 0.261. The number of amides is 1. The summed E-state index contributed by atoms with van der Waals surface area (Å²) in [6.45, 7) is 7.56. The molecule has 0 radical (unpaired) electrons. The predicted octanol–water partition coefficient (Wildman–Crippen LogP) is 7.15. The minimum atomic E-state index is 0.0678. The van der Waals surface area contributed by atoms with Gasteiger partial charge in [0.15, 0.2) is 0 Å². The van der Waals surface area contributed by atoms with Gasteiger partial charge in [0.25, 0.3) is 5.91 Å². The zero-order valence-electron chi connectivity index (χ0n) is 21.7. The van der Waals surface area contributed by atoms with Gasteiger partial charge in [0.05, 0.1) is 5.52 Å². The minimum Gasteiger partial charge on any atom is -0.488 e. The van der Waals surface area contributed by atoms with Crippen LogP contribution in [0.4, 0.5) is 0 Å². The molecular weight excluding hydrogens is 464 g/mol. The van der Waals surface area contributed by atoms with Crippen LogP contribution in [0.3, 0.4) is 0 Å². The summed E-state index contributed by atoms with van der Waals surface area (Å²) >= 11 is 4.16. The zero-order chi connectivity index (χ0) is 25.9. The van der Waals surface area contributed by atoms with Gasteiger partial charge in [-0.3, -0.25) is 9.78 Å². The second kappa shape index (κ2) is 13.7. The van der Waals surface area contributed by atoms with Crippen LogP contribution in [-0.4, -0.2) is 29.4 Å². The van der Waals surface area contributed by atoms with Gasteiger partial charge in [0.2, 0.25) is 0 Å². The summed E-state index contributed by atoms with van der Waals surface area (Å²) in [6, 6.07) is 26.4. The van der Waals surface area contributed by atoms with Crippen molar-refractivity contribution < 1.29 is 9.53 Å². The van der Waals surface area contributed by atoms with Crippen molar-refractivity contribution in [2.75, 3.05) is 13.6 Å². The first kappa shape index (κ1) is 27.3. The van der Waals surface area contributed by atoms with Crippen molar-refractivity contribution in [2.24, 2.45) is 0 Å². The number of hydrogen-bond donors (Lipinski definition) is 1. The molecule has 0 atom stereocenters. The summed E-state index contributed by atoms with van der Waals surface area (Å²) in [5.74, 6) is 1.69. The average Bonchev–Trinajstić information content (AvgIpc) is 2.95. The molecule has 0 bridgehead atoms. The molecule has 188 valence electrons. The highest BCUT2D eigenvalue weighted by molar-refractivity contribution is 7.79. The maximum Gasteiger partial charge on any atom is 0.253 e. The summed E-state index contributed by atoms with van der Waals surface area (Å²) in [4.78, 5) is 18.0. The summed E-state index contributed by atoms with van der Waals surface area (Å²) in [6.07, 6.45) is 1.97. The molecule has 1 heterocycles. The number of thiol groups is 1. The summed E-state index contributed by atoms with van der Waals surface area (Å²) in [5.41, 5.74) is 6.47. The first-order chi connectivity index (χ1) is 17.5. The largest absolute Gasteiger partial charge is 0.488 e. The van der Waals surface area contributed by atoms with Crippen LogP contribution < -0.4 is 4.74 Å². The minimum absolute atomic E-state index is 0.0678. The van der Waals surface area contributed by atoms with Gasteiger partial charge in [-0.05, 0) is 60.7 Å². The maximum absolute atomic E-state index is 11.7. The van der Waals surface area contributed by atoms with E-state index in [0.717, 1.165) is 52.9 Å². The number of benzene rings is 3. The van der Waals surface area contributed by atoms with Crippen molar-refractivity contribution in [1.29, 1.82) is 0 Å². The monoisotopic (exact) mass is 500 g/mol. The van der Waals surface area contributed by atoms with Crippen molar-refractivity contribution in [1.82, 2.24) is 9.88 Å². The molecule has 0 unspecified atom stereocenters. The molecule has 0 saturated carbocycles. The molecule has 0 aliphatic rings. The van der Waals surface area contributed by atoms with Gasteiger partial charge < -0.3 is 9.64 Å². The number of fused-ring (bicyclic) bond motifs is 1. The molecule has 36 heavy (non-hydrogen) atoms. The van der Waals surface area contributed by atoms with E-state index in [1.165, 1.54) is 11.1 Å². The van der Waals surface area contributed by atoms with Gasteiger partial charge in [-0.25, -0.2) is 0 Å². The Labute approximate surface area is 220 Å². The van der Waals surface area contributed by atoms with Gasteiger partial charge in [-0.1, -0.05) is 62.4 Å². The fraction of sp³-hybridized carbons (Fsp3) is 0.290. The number of ether oxygens (including phenoxy) is 1. The lowest BCUT2D eigenvalue weighted by Crippen LogP contribution is -2.26. The van der Waals surface area contributed by atoms with Crippen molar-refractivity contribution in [3.63, 3.8) is 0 Å². The highest BCUT2D eigenvalue weighted by atomic mass is 32.1. The van der Waals surface area contributed by atoms with E-state index in [0.29, 0.717) is 12.4 Å². The third-order valence-electron chi connectivity index (χ3n) is 6.12. The normalized spacial score (nSPS) is 10.5. The Morgan fingerprint density at radius 3 is 2.11 bits per heavy atom. The zero-order valence-corrected chi connectivity index (χ0v) is 22.6. The molecule has 1 amide bonds. The lowest BCUT2D eigenvalue weighted by Gasteiger charge is -2.14. The third kappa shape index (κ3) is 7.34. The number of nitrogens with zero attached hydrogens (tertiary/aromatic N) is 2. The van der Waals surface area contributed by atoms with Crippen molar-refractivity contribution in [3.8, 4) is 5.75 Å². The van der Waals surface area contributed by atoms with E-state index in [-0.39, 0.29) is 5.91 Å². The number of aryl methyl sites for hydroxylation is 2. The lowest BCUT2D eigenvalue weighted by molar-refractivity contribution is 0.0802. The molecule has 0 aliphatic carbocycles. The van der Waals surface area contributed by atoms with Crippen LogP contribution in [0.25, 0.3) is 10.9 Å². The summed E-state index contributed by atoms with van der Waals surface area (Å²) < 4.78 is 6.08. The fourth-order valence-electron chi connectivity index (χ4n) is 3.65. The van der Waals surface area contributed by atoms with Crippen LogP contribution in [-0.2, 0) is 25.2 Å². The Balaban J connectivity index is 0.000000223. The molecule has 0 aliphatic heterocycles. The topological polar surface area (TPSA) is 42.4 Å². The molecular formula is C31H36N2O2S. The van der Waals surface area contributed by atoms with E-state index >= 15 is 0 Å². The second-order valence-electron chi connectivity index (χ2n) is 8.62. The van der Waals surface area contributed by atoms with E-state index in [2.05, 4.69) is 67.9 Å². The predicted molar refractivity (Wildman–Crippen MR) is 153 cm³/mol. The van der Waals surface area contributed by atoms with E-state index < -0.39 is 0 Å². The standard InChI is InChI=1S/C20H21NO.C11H15NOS/c1-3-15-9-11-16(12-10-15)14-22-20-13-17(4-2)21-19-8-6-5-7-18(19)20;1-3-12(2)11(13)10-6-4-9(8-14)5-7-10/h5-13H,3-4,14H2,1-2H3;4-7,14H,3,8H2,1-2H3. The van der Waals surface area contributed by atoms with Crippen LogP contribution in [0, 0.1) is 0 Å². The lowest BCUT2D eigenvalue weighted by atomic mass is 10.1. The first-order valence-corrected chi connectivity index (χ1v) is 13.2. The highest BCUT2D eigenvalue weighted by Crippen LogP contribution is 2.26. The Bertz CT molecular complexity index is 1250. The molecule has 4 aromatic rings. The summed E-state index contributed by atoms with van der Waals surface area (Å²) in [5, 5.41) is 1.07. The fourth-order valence-corrected chi connectivity index (χ4v) is 3.86. The van der Waals surface area contributed by atoms with E-state index in [1.807, 2.05) is 49.4 Å². The molecule has 0 spiro atoms. The van der Waals surface area contributed by atoms with Gasteiger partial charge in [-0.2, -0.15) is 12.6 Å². The SMILES string of the molecule is CCN(C)C(=O)c1ccc(CS)cc1.CCc1ccc(COc2cc(CC)nc3ccccc23)cc1. The van der Waals surface area contributed by atoms with Gasteiger partial charge in [0, 0.05) is 42.1 Å². The first-order valence-electron chi connectivity index (χ1n) is 12.5. The van der Waals surface area contributed by atoms with Crippen molar-refractivity contribution >= 4 is 29.4 Å². The molecule has 0 saturated heterocycles. The molecule has 0 N–H and O–H groups in total. The molecule has 4 rings (SSSR count). The van der Waals surface area contributed by atoms with Gasteiger partial charge >= 0.3 is 0 Å². The van der Waals surface area contributed by atoms with Crippen LogP contribution in [0.15, 0.2) is 78.9 Å². The Morgan fingerprint density at radius 1 is 0.861 bits per heavy atom. The van der Waals surface area contributed by atoms with Gasteiger partial charge in [0.1, 0.15) is 12.4 Å². The average molecular weight is 501 g/mol. The number of hydrogen-bond acceptors (Lipinski definition) is 4. The van der Waals surface area contributed by atoms with Crippen LogP contribution in [0.1, 0.15) is 53.5 Å². The molecule has 1 aromatic heterocycles. The van der Waals surface area contributed by atoms with Crippen molar-refractivity contribution in [2.45, 2.75) is 46.0 Å². The number of rotatable bonds is 8. The van der Waals surface area contributed by atoms with E-state index in [9.17, 15) is 4.79 Å². The number of carbonyl (C=O) groups is 1. The number of pyridine rings is 1. The highest BCUT2D eigenvalue weighted by Gasteiger charge is 2.09. The van der Waals surface area contributed by atoms with E-state index in [1.54, 1.807) is 11.9 Å². The molecule has 0 fully saturated rings. The van der Waals surface area contributed by atoms with E-state index in [4.69, 9.17) is 4.74 Å². The number of aromatic nitrogens is 1. The Morgan fingerprint density at radius 2 is 1.50 bits per heavy atom. The second-order valence-corrected chi connectivity index (χ2v) is 8.93. The van der Waals surface area contributed by atoms with Crippen LogP contribution in [0.5, 0.6) is 5.75 Å². The summed E-state index contributed by atoms with van der Waals surface area (Å²) in [7, 11) is 1.80. The molecule has 4 nitrogen and oxygen atoms in total. The Hall–Kier alpha value is -3.31. The van der Waals surface area contributed by atoms with Gasteiger partial charge in [-0.15, -0.1) is 0 Å². The molecule has 5 heteroatoms. The van der Waals surface area contributed by atoms with Crippen molar-refractivity contribution in [3.05, 3.63) is 107 Å². The third-order valence-corrected chi connectivity index (χ3v) is 6.49.